The van der Waals surface area contributed by atoms with Gasteiger partial charge in [0.1, 0.15) is 5.82 Å². The Morgan fingerprint density at radius 2 is 2.24 bits per heavy atom. The molecule has 1 heterocycles. The van der Waals surface area contributed by atoms with E-state index in [0.717, 1.165) is 5.56 Å². The first-order valence-corrected chi connectivity index (χ1v) is 5.53. The van der Waals surface area contributed by atoms with Crippen LogP contribution in [0.25, 0.3) is 0 Å². The van der Waals surface area contributed by atoms with Gasteiger partial charge in [0, 0.05) is 12.6 Å². The average Bonchev–Trinajstić information content (AvgIpc) is 2.29. The number of nitrogens with zero attached hydrogens (tertiary/aromatic N) is 1. The van der Waals surface area contributed by atoms with E-state index in [2.05, 4.69) is 10.3 Å². The number of aryl methyl sites for hydroxylation is 1. The van der Waals surface area contributed by atoms with Crippen LogP contribution in [-0.2, 0) is 9.59 Å². The number of carbonyl (C=O) groups excluding carboxylic acids is 2. The van der Waals surface area contributed by atoms with Gasteiger partial charge in [-0.2, -0.15) is 0 Å². The molecule has 0 fully saturated rings. The molecule has 0 aromatic carbocycles. The van der Waals surface area contributed by atoms with Crippen LogP contribution in [0.4, 0.5) is 5.82 Å². The Bertz CT molecular complexity index is 418. The first-order valence-electron chi connectivity index (χ1n) is 5.53. The zero-order valence-corrected chi connectivity index (χ0v) is 10.1. The van der Waals surface area contributed by atoms with Crippen molar-refractivity contribution in [3.05, 3.63) is 23.9 Å². The summed E-state index contributed by atoms with van der Waals surface area (Å²) in [7, 11) is 0. The zero-order chi connectivity index (χ0) is 12.8. The van der Waals surface area contributed by atoms with Gasteiger partial charge in [0.2, 0.25) is 5.91 Å². The molecular weight excluding hydrogens is 218 g/mol. The summed E-state index contributed by atoms with van der Waals surface area (Å²) in [5, 5.41) is 2.97. The van der Waals surface area contributed by atoms with Gasteiger partial charge in [0.15, 0.2) is 5.78 Å². The Morgan fingerprint density at radius 3 is 2.76 bits per heavy atom. The molecule has 1 aromatic heterocycles. The fraction of sp³-hybridized carbons (Fsp3) is 0.417. The van der Waals surface area contributed by atoms with E-state index in [1.807, 2.05) is 19.1 Å². The van der Waals surface area contributed by atoms with Crippen molar-refractivity contribution in [3.8, 4) is 0 Å². The maximum Gasteiger partial charge on any atom is 0.219 e. The molecule has 0 spiro atoms. The molecule has 3 N–H and O–H groups in total. The molecule has 5 heteroatoms. The van der Waals surface area contributed by atoms with Crippen molar-refractivity contribution in [1.82, 2.24) is 4.98 Å². The maximum absolute atomic E-state index is 11.7. The average molecular weight is 235 g/mol. The minimum Gasteiger partial charge on any atom is -0.370 e. The number of ketones is 1. The van der Waals surface area contributed by atoms with Crippen molar-refractivity contribution in [3.63, 3.8) is 0 Å². The van der Waals surface area contributed by atoms with E-state index in [1.165, 1.54) is 0 Å². The highest BCUT2D eigenvalue weighted by Crippen LogP contribution is 2.13. The van der Waals surface area contributed by atoms with E-state index in [0.29, 0.717) is 12.2 Å². The number of hydrogen-bond acceptors (Lipinski definition) is 4. The number of pyridine rings is 1. The van der Waals surface area contributed by atoms with Crippen LogP contribution >= 0.6 is 0 Å². The summed E-state index contributed by atoms with van der Waals surface area (Å²) < 4.78 is 0. The summed E-state index contributed by atoms with van der Waals surface area (Å²) in [5.74, 6) is 0.0623. The summed E-state index contributed by atoms with van der Waals surface area (Å²) in [6.45, 7) is 3.64. The van der Waals surface area contributed by atoms with E-state index in [9.17, 15) is 9.59 Å². The largest absolute Gasteiger partial charge is 0.370 e. The number of Topliss-reactive ketones (excluding diaryl/α,β-unsaturated/α-hetero) is 1. The monoisotopic (exact) mass is 235 g/mol. The predicted molar refractivity (Wildman–Crippen MR) is 65.5 cm³/mol. The second-order valence-corrected chi connectivity index (χ2v) is 3.86. The molecular formula is C12H17N3O2. The van der Waals surface area contributed by atoms with Gasteiger partial charge in [-0.3, -0.25) is 9.59 Å². The van der Waals surface area contributed by atoms with Gasteiger partial charge in [0.25, 0.3) is 0 Å². The molecule has 1 rings (SSSR count). The fourth-order valence-electron chi connectivity index (χ4n) is 1.49. The van der Waals surface area contributed by atoms with Gasteiger partial charge in [-0.25, -0.2) is 4.98 Å². The third-order valence-electron chi connectivity index (χ3n) is 2.46. The van der Waals surface area contributed by atoms with E-state index < -0.39 is 11.9 Å². The van der Waals surface area contributed by atoms with Crippen LogP contribution in [0.1, 0.15) is 25.3 Å². The van der Waals surface area contributed by atoms with Gasteiger partial charge in [0.05, 0.1) is 12.5 Å². The van der Waals surface area contributed by atoms with Crippen LogP contribution in [-0.4, -0.2) is 22.7 Å². The first kappa shape index (κ1) is 13.2. The Balaban J connectivity index is 2.82. The van der Waals surface area contributed by atoms with Crippen molar-refractivity contribution >= 4 is 17.5 Å². The minimum atomic E-state index is -0.592. The zero-order valence-electron chi connectivity index (χ0n) is 10.1. The number of primary amides is 1. The van der Waals surface area contributed by atoms with Crippen LogP contribution < -0.4 is 11.1 Å². The third kappa shape index (κ3) is 3.86. The molecule has 0 aliphatic rings. The first-order chi connectivity index (χ1) is 8.04. The lowest BCUT2D eigenvalue weighted by Crippen LogP contribution is -2.34. The fourth-order valence-corrected chi connectivity index (χ4v) is 1.49. The quantitative estimate of drug-likeness (QED) is 0.771. The Hall–Kier alpha value is -1.91. The third-order valence-corrected chi connectivity index (χ3v) is 2.46. The molecule has 1 aromatic rings. The second kappa shape index (κ2) is 5.98. The molecule has 92 valence electrons. The normalized spacial score (nSPS) is 11.9. The number of carbonyl (C=O) groups is 2. The van der Waals surface area contributed by atoms with E-state index in [4.69, 9.17) is 5.73 Å². The molecule has 0 radical (unpaired) electrons. The van der Waals surface area contributed by atoms with Gasteiger partial charge >= 0.3 is 0 Å². The highest BCUT2D eigenvalue weighted by molar-refractivity contribution is 5.91. The molecule has 1 atom stereocenters. The minimum absolute atomic E-state index is 0.0112. The van der Waals surface area contributed by atoms with Crippen molar-refractivity contribution < 1.29 is 9.59 Å². The van der Waals surface area contributed by atoms with Crippen LogP contribution in [0.15, 0.2) is 18.3 Å². The lowest BCUT2D eigenvalue weighted by molar-refractivity contribution is -0.124. The van der Waals surface area contributed by atoms with Crippen LogP contribution in [0.2, 0.25) is 0 Å². The highest BCUT2D eigenvalue weighted by atomic mass is 16.1. The number of anilines is 1. The van der Waals surface area contributed by atoms with Gasteiger partial charge in [-0.1, -0.05) is 13.0 Å². The Labute approximate surface area is 100 Å². The molecule has 1 unspecified atom stereocenters. The number of amides is 1. The standard InChI is InChI=1S/C12H17N3O2/c1-3-10(16)9(7-11(13)17)15-12-8(2)5-4-6-14-12/h4-6,9H,3,7H2,1-2H3,(H2,13,17)(H,14,15). The topological polar surface area (TPSA) is 85.1 Å². The van der Waals surface area contributed by atoms with E-state index in [1.54, 1.807) is 13.1 Å². The summed E-state index contributed by atoms with van der Waals surface area (Å²) in [6, 6.07) is 3.10. The van der Waals surface area contributed by atoms with Crippen molar-refractivity contribution in [2.45, 2.75) is 32.7 Å². The van der Waals surface area contributed by atoms with E-state index >= 15 is 0 Å². The maximum atomic E-state index is 11.7. The predicted octanol–water partition coefficient (Wildman–Crippen LogP) is 1.03. The summed E-state index contributed by atoms with van der Waals surface area (Å²) in [4.78, 5) is 26.7. The molecule has 0 saturated carbocycles. The van der Waals surface area contributed by atoms with Gasteiger partial charge in [-0.05, 0) is 18.6 Å². The number of hydrogen-bond donors (Lipinski definition) is 2. The number of rotatable bonds is 6. The lowest BCUT2D eigenvalue weighted by Gasteiger charge is -2.17. The number of aromatic nitrogens is 1. The molecule has 0 bridgehead atoms. The van der Waals surface area contributed by atoms with Gasteiger partial charge in [-0.15, -0.1) is 0 Å². The highest BCUT2D eigenvalue weighted by Gasteiger charge is 2.19. The molecule has 1 amide bonds. The molecule has 0 aliphatic heterocycles. The van der Waals surface area contributed by atoms with Crippen molar-refractivity contribution in [2.24, 2.45) is 5.73 Å². The molecule has 17 heavy (non-hydrogen) atoms. The Morgan fingerprint density at radius 1 is 1.53 bits per heavy atom. The second-order valence-electron chi connectivity index (χ2n) is 3.86. The van der Waals surface area contributed by atoms with Gasteiger partial charge < -0.3 is 11.1 Å². The Kier molecular flexibility index (Phi) is 4.63. The summed E-state index contributed by atoms with van der Waals surface area (Å²) >= 11 is 0. The number of nitrogens with one attached hydrogen (secondary N) is 1. The van der Waals surface area contributed by atoms with Crippen LogP contribution in [0.3, 0.4) is 0 Å². The number of nitrogens with two attached hydrogens (primary N) is 1. The lowest BCUT2D eigenvalue weighted by atomic mass is 10.1. The van der Waals surface area contributed by atoms with E-state index in [-0.39, 0.29) is 12.2 Å². The van der Waals surface area contributed by atoms with Crippen molar-refractivity contribution in [1.29, 1.82) is 0 Å². The molecule has 0 saturated heterocycles. The smallest absolute Gasteiger partial charge is 0.219 e. The SMILES string of the molecule is CCC(=O)C(CC(N)=O)Nc1ncccc1C. The molecule has 5 nitrogen and oxygen atoms in total. The summed E-state index contributed by atoms with van der Waals surface area (Å²) in [6.07, 6.45) is 1.98. The summed E-state index contributed by atoms with van der Waals surface area (Å²) in [5.41, 5.74) is 6.05. The van der Waals surface area contributed by atoms with Crippen LogP contribution in [0.5, 0.6) is 0 Å². The van der Waals surface area contributed by atoms with Crippen molar-refractivity contribution in [2.75, 3.05) is 5.32 Å². The molecule has 0 aliphatic carbocycles. The van der Waals surface area contributed by atoms with Crippen LogP contribution in [0, 0.1) is 6.92 Å².